The summed E-state index contributed by atoms with van der Waals surface area (Å²) >= 11 is 1.50. The van der Waals surface area contributed by atoms with Gasteiger partial charge in [-0.2, -0.15) is 0 Å². The molecule has 2 heterocycles. The Kier molecular flexibility index (Phi) is 4.82. The van der Waals surface area contributed by atoms with Gasteiger partial charge in [0.15, 0.2) is 11.5 Å². The summed E-state index contributed by atoms with van der Waals surface area (Å²) in [5.41, 5.74) is 2.02. The van der Waals surface area contributed by atoms with Crippen molar-refractivity contribution in [3.8, 4) is 0 Å². The predicted molar refractivity (Wildman–Crippen MR) is 94.3 cm³/mol. The van der Waals surface area contributed by atoms with E-state index in [1.165, 1.54) is 11.3 Å². The summed E-state index contributed by atoms with van der Waals surface area (Å²) in [6.07, 6.45) is -0.120. The number of aliphatic hydroxyl groups is 1. The van der Waals surface area contributed by atoms with Gasteiger partial charge < -0.3 is 20.2 Å². The van der Waals surface area contributed by atoms with Crippen LogP contribution in [0.4, 0.5) is 10.5 Å². The third kappa shape index (κ3) is 3.93. The first kappa shape index (κ1) is 16.5. The number of fused-ring (bicyclic) bond motifs is 1. The fourth-order valence-corrected chi connectivity index (χ4v) is 3.23. The number of thiophene rings is 1. The molecule has 0 aliphatic heterocycles. The Morgan fingerprint density at radius 1 is 1.42 bits per heavy atom. The molecule has 0 aliphatic carbocycles. The average molecular weight is 345 g/mol. The molecule has 2 amide bonds. The van der Waals surface area contributed by atoms with E-state index in [0.717, 1.165) is 4.88 Å². The summed E-state index contributed by atoms with van der Waals surface area (Å²) < 4.78 is 5.41. The number of aliphatic hydroxyl groups excluding tert-OH is 1. The smallest absolute Gasteiger partial charge is 0.319 e. The number of nitrogens with one attached hydrogen (secondary N) is 2. The molecule has 0 bridgehead atoms. The molecule has 0 saturated heterocycles. The minimum absolute atomic E-state index is 0.167. The summed E-state index contributed by atoms with van der Waals surface area (Å²) in [4.78, 5) is 17.2. The van der Waals surface area contributed by atoms with Gasteiger partial charge in [0.05, 0.1) is 6.10 Å². The van der Waals surface area contributed by atoms with Crippen molar-refractivity contribution in [2.24, 2.45) is 0 Å². The van der Waals surface area contributed by atoms with Gasteiger partial charge in [-0.15, -0.1) is 11.3 Å². The second-order valence-corrected chi connectivity index (χ2v) is 6.66. The summed E-state index contributed by atoms with van der Waals surface area (Å²) in [5.74, 6) is 0.586. The first-order valence-corrected chi connectivity index (χ1v) is 8.55. The van der Waals surface area contributed by atoms with Crippen LogP contribution in [-0.4, -0.2) is 22.2 Å². The maximum atomic E-state index is 12.1. The Bertz CT molecular complexity index is 829. The molecule has 0 aliphatic rings. The van der Waals surface area contributed by atoms with Gasteiger partial charge in [0, 0.05) is 23.5 Å². The number of benzene rings is 1. The maximum Gasteiger partial charge on any atom is 0.319 e. The summed E-state index contributed by atoms with van der Waals surface area (Å²) in [6, 6.07) is 8.59. The Balaban J connectivity index is 1.55. The molecule has 2 atom stereocenters. The van der Waals surface area contributed by atoms with Gasteiger partial charge in [-0.25, -0.2) is 9.78 Å². The molecular formula is C17H19N3O3S. The normalized spacial score (nSPS) is 13.6. The van der Waals surface area contributed by atoms with Crippen molar-refractivity contribution >= 4 is 34.2 Å². The van der Waals surface area contributed by atoms with Gasteiger partial charge >= 0.3 is 6.03 Å². The molecule has 7 heteroatoms. The summed E-state index contributed by atoms with van der Waals surface area (Å²) in [7, 11) is 0. The lowest BCUT2D eigenvalue weighted by molar-refractivity contribution is 0.158. The van der Waals surface area contributed by atoms with Crippen LogP contribution in [0.2, 0.25) is 0 Å². The van der Waals surface area contributed by atoms with Crippen LogP contribution in [0.3, 0.4) is 0 Å². The first-order chi connectivity index (χ1) is 11.5. The molecule has 3 aromatic rings. The SMILES string of the molecule is Cc1nc2cc(NC(=O)NC(C)CC(O)c3cccs3)ccc2o1. The quantitative estimate of drug-likeness (QED) is 0.656. The highest BCUT2D eigenvalue weighted by molar-refractivity contribution is 7.10. The number of aromatic nitrogens is 1. The van der Waals surface area contributed by atoms with Crippen molar-refractivity contribution in [3.63, 3.8) is 0 Å². The molecule has 3 rings (SSSR count). The zero-order valence-electron chi connectivity index (χ0n) is 13.4. The highest BCUT2D eigenvalue weighted by Gasteiger charge is 2.15. The summed E-state index contributed by atoms with van der Waals surface area (Å²) in [6.45, 7) is 3.64. The van der Waals surface area contributed by atoms with Crippen molar-refractivity contribution in [1.29, 1.82) is 0 Å². The average Bonchev–Trinajstić information content (AvgIpc) is 3.14. The molecule has 6 nitrogen and oxygen atoms in total. The predicted octanol–water partition coefficient (Wildman–Crippen LogP) is 3.83. The molecule has 0 spiro atoms. The molecule has 3 N–H and O–H groups in total. The molecule has 0 radical (unpaired) electrons. The van der Waals surface area contributed by atoms with E-state index < -0.39 is 6.10 Å². The third-order valence-corrected chi connectivity index (χ3v) is 4.55. The Hall–Kier alpha value is -2.38. The molecule has 0 saturated carbocycles. The third-order valence-electron chi connectivity index (χ3n) is 3.58. The van der Waals surface area contributed by atoms with Gasteiger partial charge in [0.1, 0.15) is 5.52 Å². The van der Waals surface area contributed by atoms with Crippen LogP contribution in [0.1, 0.15) is 30.2 Å². The lowest BCUT2D eigenvalue weighted by Gasteiger charge is -2.17. The Morgan fingerprint density at radius 2 is 2.25 bits per heavy atom. The first-order valence-electron chi connectivity index (χ1n) is 7.67. The molecule has 24 heavy (non-hydrogen) atoms. The number of nitrogens with zero attached hydrogens (tertiary/aromatic N) is 1. The van der Waals surface area contributed by atoms with E-state index in [9.17, 15) is 9.90 Å². The van der Waals surface area contributed by atoms with Crippen molar-refractivity contribution in [1.82, 2.24) is 10.3 Å². The lowest BCUT2D eigenvalue weighted by atomic mass is 10.1. The van der Waals surface area contributed by atoms with E-state index in [0.29, 0.717) is 29.1 Å². The zero-order chi connectivity index (χ0) is 17.1. The van der Waals surface area contributed by atoms with Crippen LogP contribution in [0, 0.1) is 6.92 Å². The fraction of sp³-hybridized carbons (Fsp3) is 0.294. The number of hydrogen-bond donors (Lipinski definition) is 3. The van der Waals surface area contributed by atoms with Crippen LogP contribution in [0.5, 0.6) is 0 Å². The number of anilines is 1. The summed E-state index contributed by atoms with van der Waals surface area (Å²) in [5, 5.41) is 17.6. The zero-order valence-corrected chi connectivity index (χ0v) is 14.3. The van der Waals surface area contributed by atoms with Crippen molar-refractivity contribution in [2.75, 3.05) is 5.32 Å². The highest BCUT2D eigenvalue weighted by atomic mass is 32.1. The van der Waals surface area contributed by atoms with E-state index in [2.05, 4.69) is 15.6 Å². The maximum absolute atomic E-state index is 12.1. The number of urea groups is 1. The molecule has 0 fully saturated rings. The topological polar surface area (TPSA) is 87.4 Å². The van der Waals surface area contributed by atoms with Crippen LogP contribution < -0.4 is 10.6 Å². The molecular weight excluding hydrogens is 326 g/mol. The fourth-order valence-electron chi connectivity index (χ4n) is 2.50. The van der Waals surface area contributed by atoms with E-state index in [4.69, 9.17) is 4.42 Å². The largest absolute Gasteiger partial charge is 0.441 e. The van der Waals surface area contributed by atoms with Gasteiger partial charge in [-0.05, 0) is 43.0 Å². The minimum atomic E-state index is -0.574. The van der Waals surface area contributed by atoms with Crippen LogP contribution in [-0.2, 0) is 0 Å². The van der Waals surface area contributed by atoms with Gasteiger partial charge in [0.2, 0.25) is 0 Å². The van der Waals surface area contributed by atoms with Gasteiger partial charge in [-0.3, -0.25) is 0 Å². The standard InChI is InChI=1S/C17H19N3O3S/c1-10(8-14(21)16-4-3-7-24-16)18-17(22)20-12-5-6-15-13(9-12)19-11(2)23-15/h3-7,9-10,14,21H,8H2,1-2H3,(H2,18,20,22). The molecule has 126 valence electrons. The monoisotopic (exact) mass is 345 g/mol. The van der Waals surface area contributed by atoms with E-state index in [-0.39, 0.29) is 12.1 Å². The van der Waals surface area contributed by atoms with Crippen molar-refractivity contribution < 1.29 is 14.3 Å². The van der Waals surface area contributed by atoms with Crippen molar-refractivity contribution in [2.45, 2.75) is 32.4 Å². The molecule has 1 aromatic carbocycles. The molecule has 2 unspecified atom stereocenters. The second kappa shape index (κ2) is 7.02. The number of rotatable bonds is 5. The number of carbonyl (C=O) groups is 1. The number of hydrogen-bond acceptors (Lipinski definition) is 5. The van der Waals surface area contributed by atoms with Crippen LogP contribution in [0.15, 0.2) is 40.1 Å². The Morgan fingerprint density at radius 3 is 3.00 bits per heavy atom. The number of oxazole rings is 1. The van der Waals surface area contributed by atoms with E-state index >= 15 is 0 Å². The van der Waals surface area contributed by atoms with Gasteiger partial charge in [0.25, 0.3) is 0 Å². The number of carbonyl (C=O) groups excluding carboxylic acids is 1. The van der Waals surface area contributed by atoms with Crippen LogP contribution in [0.25, 0.3) is 11.1 Å². The number of amides is 2. The lowest BCUT2D eigenvalue weighted by Crippen LogP contribution is -2.36. The number of aryl methyl sites for hydroxylation is 1. The van der Waals surface area contributed by atoms with E-state index in [1.807, 2.05) is 24.4 Å². The van der Waals surface area contributed by atoms with Crippen molar-refractivity contribution in [3.05, 3.63) is 46.5 Å². The highest BCUT2D eigenvalue weighted by Crippen LogP contribution is 2.23. The van der Waals surface area contributed by atoms with Gasteiger partial charge in [-0.1, -0.05) is 6.07 Å². The van der Waals surface area contributed by atoms with Crippen LogP contribution >= 0.6 is 11.3 Å². The molecule has 2 aromatic heterocycles. The Labute approximate surface area is 143 Å². The minimum Gasteiger partial charge on any atom is -0.441 e. The van der Waals surface area contributed by atoms with E-state index in [1.54, 1.807) is 25.1 Å². The second-order valence-electron chi connectivity index (χ2n) is 5.68.